The minimum absolute atomic E-state index is 0.00830. The highest BCUT2D eigenvalue weighted by molar-refractivity contribution is 8.77. The number of guanidine groups is 2. The Kier molecular flexibility index (Phi) is 34.9. The second-order valence-electron chi connectivity index (χ2n) is 28.6. The maximum atomic E-state index is 15.8. The lowest BCUT2D eigenvalue weighted by Gasteiger charge is -2.35. The molecule has 11 atom stereocenters. The Hall–Kier alpha value is -11.7. The summed E-state index contributed by atoms with van der Waals surface area (Å²) in [5, 5.41) is 61.9. The molecule has 0 radical (unpaired) electrons. The van der Waals surface area contributed by atoms with Crippen LogP contribution in [0.5, 0.6) is 5.75 Å². The molecule has 1 saturated heterocycles. The van der Waals surface area contributed by atoms with E-state index < -0.39 is 166 Å². The number of phenols is 1. The minimum Gasteiger partial charge on any atom is -0.508 e. The van der Waals surface area contributed by atoms with E-state index in [-0.39, 0.29) is 94.7 Å². The van der Waals surface area contributed by atoms with Gasteiger partial charge in [-0.05, 0) is 98.7 Å². The Labute approximate surface area is 668 Å². The summed E-state index contributed by atoms with van der Waals surface area (Å²) in [7, 11) is 1.86. The highest BCUT2D eigenvalue weighted by Gasteiger charge is 2.43. The molecule has 0 aliphatic carbocycles. The highest BCUT2D eigenvalue weighted by Crippen LogP contribution is 2.39. The van der Waals surface area contributed by atoms with Crippen LogP contribution in [0.4, 0.5) is 0 Å². The molecule has 35 nitrogen and oxygen atoms in total. The van der Waals surface area contributed by atoms with Gasteiger partial charge in [-0.25, -0.2) is 4.98 Å². The number of hydrogen-bond acceptors (Lipinski definition) is 19. The van der Waals surface area contributed by atoms with Gasteiger partial charge in [0.15, 0.2) is 11.9 Å². The number of aromatic amines is 2. The van der Waals surface area contributed by atoms with Crippen molar-refractivity contribution in [1.82, 2.24) is 84.1 Å². The second-order valence-corrected chi connectivity index (χ2v) is 31.6. The standard InChI is InChI=1S/C77H106N22O13S2/c1-6-7-23-53(92-73(111)62(43(2)3)98-64(102)51(78)33-46-27-29-49(100)30-28-46)68(106)99-63-74(112)96-59(37-48-39-84-42-89-48)71(109)94-57(35-45-20-12-9-13-21-45)69(107)90-54(25-16-31-85-75(80)81)67(105)95-58(36-47-38-87-52-24-15-14-22-50(47)52)70(108)97-60(41-113-114-77(63,4)5)72(110)91-55(26-17-32-86-76(82)83)66(104)93-56(65(103)88-40-61(79)101)34-44-18-10-8-11-19-44/h8-15,18-22,24,27-30,38-39,42-43,51,53-60,62-63,87,100H,6-7,16-17,23,25-26,31-37,40-41,78H2,1-5H3,(H2,79,101)(H,84,89)(H,88,103)(H,90,107)(H,91,110)(H,92,111)(H,93,104)(H,94,109)(H,95,105)(H,96,112)(H,97,108)(H,98,102)(H,99,106)(H4,80,81,85)(H4,82,83,86)/t51-,53-,54-,55-,56-,57-,58-,59-,60-,62-,63+/m0/s1. The van der Waals surface area contributed by atoms with Gasteiger partial charge in [-0.2, -0.15) is 0 Å². The van der Waals surface area contributed by atoms with Crippen molar-refractivity contribution in [3.05, 3.63) is 156 Å². The topological polar surface area (TPSA) is 578 Å². The lowest BCUT2D eigenvalue weighted by Crippen LogP contribution is -2.64. The molecule has 0 unspecified atom stereocenters. The fourth-order valence-corrected chi connectivity index (χ4v) is 15.3. The third kappa shape index (κ3) is 28.8. The van der Waals surface area contributed by atoms with E-state index in [1.54, 1.807) is 131 Å². The summed E-state index contributed by atoms with van der Waals surface area (Å²) in [6, 6.07) is 14.1. The third-order valence-electron chi connectivity index (χ3n) is 18.7. The summed E-state index contributed by atoms with van der Waals surface area (Å²) in [4.78, 5) is 188. The lowest BCUT2D eigenvalue weighted by atomic mass is 9.98. The smallest absolute Gasteiger partial charge is 0.244 e. The fourth-order valence-electron chi connectivity index (χ4n) is 12.4. The zero-order valence-corrected chi connectivity index (χ0v) is 65.9. The molecular weight excluding hydrogens is 1510 g/mol. The first-order valence-corrected chi connectivity index (χ1v) is 39.9. The first-order chi connectivity index (χ1) is 54.4. The molecule has 12 amide bonds. The molecule has 1 aliphatic heterocycles. The Bertz CT molecular complexity index is 4270. The number of fused-ring (bicyclic) bond motifs is 1. The first-order valence-electron chi connectivity index (χ1n) is 37.6. The number of aromatic nitrogens is 3. The van der Waals surface area contributed by atoms with Crippen molar-refractivity contribution in [3.8, 4) is 5.75 Å². The number of nitrogens with zero attached hydrogens (tertiary/aromatic N) is 1. The molecule has 0 bridgehead atoms. The van der Waals surface area contributed by atoms with Gasteiger partial charge >= 0.3 is 0 Å². The van der Waals surface area contributed by atoms with Crippen LogP contribution in [0.15, 0.2) is 128 Å². The molecule has 26 N–H and O–H groups in total. The number of hydrogen-bond donors (Lipinski definition) is 22. The Morgan fingerprint density at radius 1 is 0.588 bits per heavy atom. The van der Waals surface area contributed by atoms with Gasteiger partial charge in [0.2, 0.25) is 70.9 Å². The van der Waals surface area contributed by atoms with Crippen molar-refractivity contribution >= 4 is 115 Å². The number of H-pyrrole nitrogens is 2. The average Bonchev–Trinajstić information content (AvgIpc) is 1.37. The summed E-state index contributed by atoms with van der Waals surface area (Å²) in [5.74, 6) is -12.4. The van der Waals surface area contributed by atoms with Crippen molar-refractivity contribution in [2.45, 2.75) is 183 Å². The molecule has 1 fully saturated rings. The molecule has 114 heavy (non-hydrogen) atoms. The SMILES string of the molecule is CCCC[C@H](NC(=O)[C@@H](NC(=O)[C@@H](N)Cc1ccc(O)cc1)C(C)C)C(=O)N[C@@H]1C(=O)N[C@@H](Cc2c[nH]cn2)C(=O)N[C@@H](Cc2ccccc2)C(=O)N[C@@H](CCCNC(=N)N)C(=O)N[C@@H](Cc2c[nH]c3ccccc23)C(=O)N[C@H](C(=O)N[C@@H](CCCNC(=N)N)C(=O)N[C@@H](Cc2ccccc2)C(=O)NCC(N)=O)CSSC1(C)C. The first kappa shape index (κ1) is 89.5. The predicted octanol–water partition coefficient (Wildman–Crippen LogP) is -0.567. The van der Waals surface area contributed by atoms with E-state index in [4.69, 9.17) is 33.8 Å². The zero-order chi connectivity index (χ0) is 83.0. The minimum atomic E-state index is -1.71. The summed E-state index contributed by atoms with van der Waals surface area (Å²) in [5.41, 5.74) is 26.3. The molecule has 4 aromatic carbocycles. The van der Waals surface area contributed by atoms with Gasteiger partial charge in [0, 0.05) is 72.6 Å². The second kappa shape index (κ2) is 44.5. The molecule has 6 aromatic rings. The van der Waals surface area contributed by atoms with E-state index in [0.29, 0.717) is 46.0 Å². The number of benzene rings is 4. The van der Waals surface area contributed by atoms with Gasteiger partial charge in [0.05, 0.1) is 24.6 Å². The molecule has 7 rings (SSSR count). The van der Waals surface area contributed by atoms with Crippen LogP contribution < -0.4 is 92.1 Å². The van der Waals surface area contributed by atoms with Crippen LogP contribution in [0.3, 0.4) is 0 Å². The summed E-state index contributed by atoms with van der Waals surface area (Å²) >= 11 is 0. The van der Waals surface area contributed by atoms with E-state index in [9.17, 15) is 29.1 Å². The summed E-state index contributed by atoms with van der Waals surface area (Å²) in [6.07, 6.45) is 4.35. The van der Waals surface area contributed by atoms with Crippen molar-refractivity contribution < 1.29 is 62.6 Å². The zero-order valence-electron chi connectivity index (χ0n) is 64.3. The van der Waals surface area contributed by atoms with Crippen LogP contribution in [-0.2, 0) is 89.6 Å². The molecule has 0 saturated carbocycles. The van der Waals surface area contributed by atoms with Crippen molar-refractivity contribution in [1.29, 1.82) is 10.8 Å². The Balaban J connectivity index is 1.35. The van der Waals surface area contributed by atoms with Crippen LogP contribution in [0.2, 0.25) is 0 Å². The van der Waals surface area contributed by atoms with E-state index >= 15 is 33.6 Å². The normalized spacial score (nSPS) is 19.0. The molecule has 2 aromatic heterocycles. The monoisotopic (exact) mass is 1610 g/mol. The molecule has 37 heteroatoms. The number of aromatic hydroxyl groups is 1. The van der Waals surface area contributed by atoms with Gasteiger partial charge in [0.1, 0.15) is 66.2 Å². The third-order valence-corrected chi connectivity index (χ3v) is 22.0. The van der Waals surface area contributed by atoms with E-state index in [1.807, 2.05) is 6.92 Å². The maximum Gasteiger partial charge on any atom is 0.244 e. The number of nitrogens with one attached hydrogen (secondary N) is 17. The van der Waals surface area contributed by atoms with Crippen molar-refractivity contribution in [2.75, 3.05) is 25.4 Å². The number of primary amides is 1. The number of nitrogens with two attached hydrogens (primary N) is 4. The van der Waals surface area contributed by atoms with Gasteiger partial charge in [-0.3, -0.25) is 68.4 Å². The Morgan fingerprint density at radius 2 is 1.15 bits per heavy atom. The number of imidazole rings is 1. The van der Waals surface area contributed by atoms with E-state index in [1.165, 1.54) is 24.7 Å². The number of phenolic OH excluding ortho intramolecular Hbond substituents is 1. The molecule has 0 spiro atoms. The number of unbranched alkanes of at least 4 members (excludes halogenated alkanes) is 1. The maximum absolute atomic E-state index is 15.8. The van der Waals surface area contributed by atoms with E-state index in [0.717, 1.165) is 21.6 Å². The van der Waals surface area contributed by atoms with Crippen LogP contribution in [0.25, 0.3) is 10.9 Å². The molecule has 614 valence electrons. The van der Waals surface area contributed by atoms with Gasteiger partial charge < -0.3 is 107 Å². The molecular formula is C77H106N22O13S2. The summed E-state index contributed by atoms with van der Waals surface area (Å²) < 4.78 is -1.57. The highest BCUT2D eigenvalue weighted by atomic mass is 33.1. The largest absolute Gasteiger partial charge is 0.508 e. The van der Waals surface area contributed by atoms with Crippen molar-refractivity contribution in [2.24, 2.45) is 28.9 Å². The van der Waals surface area contributed by atoms with Crippen molar-refractivity contribution in [3.63, 3.8) is 0 Å². The average molecular weight is 1610 g/mol. The number of carbonyl (C=O) groups excluding carboxylic acids is 12. The predicted molar refractivity (Wildman–Crippen MR) is 433 cm³/mol. The van der Waals surface area contributed by atoms with Crippen LogP contribution in [-0.4, -0.2) is 199 Å². The fraction of sp³-hybridized carbons (Fsp3) is 0.442. The van der Waals surface area contributed by atoms with E-state index in [2.05, 4.69) is 84.1 Å². The summed E-state index contributed by atoms with van der Waals surface area (Å²) in [6.45, 7) is 7.83. The number of rotatable bonds is 35. The van der Waals surface area contributed by atoms with Gasteiger partial charge in [-0.15, -0.1) is 0 Å². The van der Waals surface area contributed by atoms with Crippen LogP contribution >= 0.6 is 21.6 Å². The number of carbonyl (C=O) groups is 12. The van der Waals surface area contributed by atoms with Gasteiger partial charge in [0.25, 0.3) is 0 Å². The Morgan fingerprint density at radius 3 is 1.78 bits per heavy atom. The quantitative estimate of drug-likeness (QED) is 0.0103. The lowest BCUT2D eigenvalue weighted by molar-refractivity contribution is -0.136. The molecule has 3 heterocycles. The van der Waals surface area contributed by atoms with Gasteiger partial charge in [-0.1, -0.05) is 146 Å². The van der Waals surface area contributed by atoms with Crippen LogP contribution in [0, 0.1) is 16.7 Å². The molecule has 1 aliphatic rings. The number of amides is 12. The number of para-hydroxylation sites is 1. The van der Waals surface area contributed by atoms with Crippen LogP contribution in [0.1, 0.15) is 108 Å².